The summed E-state index contributed by atoms with van der Waals surface area (Å²) in [7, 11) is 3.18. The summed E-state index contributed by atoms with van der Waals surface area (Å²) in [5.74, 6) is 1.42. The lowest BCUT2D eigenvalue weighted by atomic mass is 9.92. The minimum Gasteiger partial charge on any atom is -0.497 e. The fourth-order valence-corrected chi connectivity index (χ4v) is 2.41. The molecule has 24 heavy (non-hydrogen) atoms. The fraction of sp³-hybridized carbons (Fsp3) is 0.211. The van der Waals surface area contributed by atoms with Gasteiger partial charge in [0.05, 0.1) is 26.7 Å². The molecule has 0 aliphatic carbocycles. The molecular formula is C19H18N2O3. The first-order chi connectivity index (χ1) is 11.7. The number of allylic oxidation sites excluding steroid dienone is 1. The SMILES string of the molecule is COc1ccc(C(=CCC#N)C(N=O)c2ccc(OC)cc2)cc1. The molecule has 2 rings (SSSR count). The van der Waals surface area contributed by atoms with Crippen LogP contribution < -0.4 is 9.47 Å². The summed E-state index contributed by atoms with van der Waals surface area (Å²) in [6, 6.07) is 15.9. The Labute approximate surface area is 141 Å². The normalized spacial score (nSPS) is 12.1. The molecule has 0 aliphatic heterocycles. The van der Waals surface area contributed by atoms with Crippen LogP contribution >= 0.6 is 0 Å². The van der Waals surface area contributed by atoms with Gasteiger partial charge in [-0.2, -0.15) is 5.26 Å². The van der Waals surface area contributed by atoms with Gasteiger partial charge >= 0.3 is 0 Å². The Morgan fingerprint density at radius 1 is 1.08 bits per heavy atom. The van der Waals surface area contributed by atoms with Crippen LogP contribution in [0.2, 0.25) is 0 Å². The van der Waals surface area contributed by atoms with E-state index in [1.165, 1.54) is 0 Å². The van der Waals surface area contributed by atoms with Crippen LogP contribution in [0.3, 0.4) is 0 Å². The maximum absolute atomic E-state index is 11.5. The van der Waals surface area contributed by atoms with E-state index in [-0.39, 0.29) is 6.42 Å². The highest BCUT2D eigenvalue weighted by Gasteiger charge is 2.19. The molecule has 5 heteroatoms. The van der Waals surface area contributed by atoms with Crippen LogP contribution in [0.15, 0.2) is 59.8 Å². The van der Waals surface area contributed by atoms with Crippen LogP contribution in [0.25, 0.3) is 5.57 Å². The van der Waals surface area contributed by atoms with Crippen molar-refractivity contribution in [3.63, 3.8) is 0 Å². The van der Waals surface area contributed by atoms with Gasteiger partial charge in [0.25, 0.3) is 0 Å². The van der Waals surface area contributed by atoms with Crippen LogP contribution in [0, 0.1) is 16.2 Å². The first-order valence-electron chi connectivity index (χ1n) is 7.41. The molecule has 1 atom stereocenters. The largest absolute Gasteiger partial charge is 0.497 e. The minimum absolute atomic E-state index is 0.198. The van der Waals surface area contributed by atoms with Gasteiger partial charge in [-0.15, -0.1) is 4.91 Å². The molecule has 0 amide bonds. The van der Waals surface area contributed by atoms with E-state index in [0.29, 0.717) is 11.3 Å². The average Bonchev–Trinajstić information content (AvgIpc) is 2.65. The van der Waals surface area contributed by atoms with Crippen molar-refractivity contribution < 1.29 is 9.47 Å². The predicted molar refractivity (Wildman–Crippen MR) is 92.7 cm³/mol. The van der Waals surface area contributed by atoms with Gasteiger partial charge in [-0.05, 0) is 41.0 Å². The maximum atomic E-state index is 11.5. The third-order valence-corrected chi connectivity index (χ3v) is 3.67. The first kappa shape index (κ1) is 17.2. The molecule has 0 aromatic heterocycles. The summed E-state index contributed by atoms with van der Waals surface area (Å²) in [6.45, 7) is 0. The molecule has 0 N–H and O–H groups in total. The molecule has 0 saturated carbocycles. The Bertz CT molecular complexity index is 744. The molecule has 122 valence electrons. The number of methoxy groups -OCH3 is 2. The van der Waals surface area contributed by atoms with Gasteiger partial charge in [0.15, 0.2) is 0 Å². The van der Waals surface area contributed by atoms with E-state index >= 15 is 0 Å². The summed E-state index contributed by atoms with van der Waals surface area (Å²) in [6.07, 6.45) is 1.93. The number of hydrogen-bond donors (Lipinski definition) is 0. The number of nitrogens with zero attached hydrogens (tertiary/aromatic N) is 2. The Morgan fingerprint density at radius 3 is 2.08 bits per heavy atom. The third kappa shape index (κ3) is 3.99. The highest BCUT2D eigenvalue weighted by Crippen LogP contribution is 2.35. The van der Waals surface area contributed by atoms with Crippen molar-refractivity contribution in [3.05, 3.63) is 70.6 Å². The van der Waals surface area contributed by atoms with E-state index in [1.807, 2.05) is 24.3 Å². The highest BCUT2D eigenvalue weighted by molar-refractivity contribution is 5.72. The minimum atomic E-state index is -0.697. The lowest BCUT2D eigenvalue weighted by Gasteiger charge is -2.15. The second-order valence-electron chi connectivity index (χ2n) is 5.03. The first-order valence-corrected chi connectivity index (χ1v) is 7.41. The van der Waals surface area contributed by atoms with E-state index in [4.69, 9.17) is 14.7 Å². The molecule has 0 aliphatic rings. The molecule has 0 radical (unpaired) electrons. The summed E-state index contributed by atoms with van der Waals surface area (Å²) in [5.41, 5.74) is 2.26. The van der Waals surface area contributed by atoms with Crippen LogP contribution in [0.5, 0.6) is 11.5 Å². The van der Waals surface area contributed by atoms with Gasteiger partial charge in [0.1, 0.15) is 17.5 Å². The monoisotopic (exact) mass is 322 g/mol. The summed E-state index contributed by atoms with van der Waals surface area (Å²) >= 11 is 0. The topological polar surface area (TPSA) is 71.7 Å². The molecule has 0 bridgehead atoms. The van der Waals surface area contributed by atoms with E-state index < -0.39 is 6.04 Å². The number of nitroso groups, excluding NO2 is 1. The Kier molecular flexibility index (Phi) is 6.09. The lowest BCUT2D eigenvalue weighted by Crippen LogP contribution is -2.00. The van der Waals surface area contributed by atoms with Crippen molar-refractivity contribution in [2.24, 2.45) is 5.18 Å². The molecule has 0 fully saturated rings. The van der Waals surface area contributed by atoms with Crippen LogP contribution in [-0.4, -0.2) is 14.2 Å². The van der Waals surface area contributed by atoms with Gasteiger partial charge in [0.2, 0.25) is 0 Å². The zero-order chi connectivity index (χ0) is 17.4. The molecule has 0 spiro atoms. The van der Waals surface area contributed by atoms with E-state index in [1.54, 1.807) is 44.6 Å². The number of nitriles is 1. The van der Waals surface area contributed by atoms with Gasteiger partial charge in [-0.3, -0.25) is 0 Å². The van der Waals surface area contributed by atoms with Crippen molar-refractivity contribution in [1.82, 2.24) is 0 Å². The average molecular weight is 322 g/mol. The lowest BCUT2D eigenvalue weighted by molar-refractivity contribution is 0.414. The Balaban J connectivity index is 2.43. The van der Waals surface area contributed by atoms with E-state index in [0.717, 1.165) is 16.9 Å². The molecule has 1 unspecified atom stereocenters. The van der Waals surface area contributed by atoms with Gasteiger partial charge < -0.3 is 9.47 Å². The summed E-state index contributed by atoms with van der Waals surface area (Å²) in [5, 5.41) is 12.2. The highest BCUT2D eigenvalue weighted by atomic mass is 16.5. The second kappa shape index (κ2) is 8.49. The molecule has 0 saturated heterocycles. The van der Waals surface area contributed by atoms with E-state index in [9.17, 15) is 4.91 Å². The van der Waals surface area contributed by atoms with Crippen LogP contribution in [0.4, 0.5) is 0 Å². The Hall–Kier alpha value is -3.13. The zero-order valence-electron chi connectivity index (χ0n) is 13.6. The molecule has 5 nitrogen and oxygen atoms in total. The van der Waals surface area contributed by atoms with Crippen molar-refractivity contribution in [1.29, 1.82) is 5.26 Å². The quantitative estimate of drug-likeness (QED) is 0.703. The standard InChI is InChI=1S/C19H18N2O3/c1-23-16-9-5-14(6-10-16)18(4-3-13-20)19(21-22)15-7-11-17(24-2)12-8-15/h4-12,19H,3H2,1-2H3. The van der Waals surface area contributed by atoms with Crippen LogP contribution in [0.1, 0.15) is 23.6 Å². The van der Waals surface area contributed by atoms with Gasteiger partial charge in [0, 0.05) is 0 Å². The molecular weight excluding hydrogens is 304 g/mol. The molecule has 2 aromatic carbocycles. The number of hydrogen-bond acceptors (Lipinski definition) is 5. The molecule has 2 aromatic rings. The van der Waals surface area contributed by atoms with Gasteiger partial charge in [-0.1, -0.05) is 35.5 Å². The smallest absolute Gasteiger partial charge is 0.142 e. The number of benzene rings is 2. The van der Waals surface area contributed by atoms with E-state index in [2.05, 4.69) is 11.2 Å². The van der Waals surface area contributed by atoms with Gasteiger partial charge in [-0.25, -0.2) is 0 Å². The van der Waals surface area contributed by atoms with Crippen molar-refractivity contribution >= 4 is 5.57 Å². The third-order valence-electron chi connectivity index (χ3n) is 3.67. The van der Waals surface area contributed by atoms with Crippen LogP contribution in [-0.2, 0) is 0 Å². The van der Waals surface area contributed by atoms with Crippen molar-refractivity contribution in [2.75, 3.05) is 14.2 Å². The molecule has 0 heterocycles. The second-order valence-corrected chi connectivity index (χ2v) is 5.03. The zero-order valence-corrected chi connectivity index (χ0v) is 13.6. The Morgan fingerprint density at radius 2 is 1.62 bits per heavy atom. The predicted octanol–water partition coefficient (Wildman–Crippen LogP) is 4.51. The number of rotatable bonds is 7. The summed E-state index contributed by atoms with van der Waals surface area (Å²) in [4.78, 5) is 11.5. The summed E-state index contributed by atoms with van der Waals surface area (Å²) < 4.78 is 10.3. The van der Waals surface area contributed by atoms with Crippen molar-refractivity contribution in [3.8, 4) is 17.6 Å². The fourth-order valence-electron chi connectivity index (χ4n) is 2.41. The maximum Gasteiger partial charge on any atom is 0.142 e. The number of ether oxygens (including phenoxy) is 2. The van der Waals surface area contributed by atoms with Crippen molar-refractivity contribution in [2.45, 2.75) is 12.5 Å².